The average molecular weight is 401 g/mol. The highest BCUT2D eigenvalue weighted by Crippen LogP contribution is 2.22. The molecule has 1 amide bonds. The summed E-state index contributed by atoms with van der Waals surface area (Å²) < 4.78 is 2.07. The van der Waals surface area contributed by atoms with Gasteiger partial charge in [0.25, 0.3) is 0 Å². The predicted octanol–water partition coefficient (Wildman–Crippen LogP) is 4.21. The number of fused-ring (bicyclic) bond motifs is 1. The first kappa shape index (κ1) is 21.4. The third kappa shape index (κ3) is 6.07. The maximum Gasteiger partial charge on any atom is 0.244 e. The molecule has 0 spiro atoms. The number of aromatic nitrogens is 1. The molecule has 0 unspecified atom stereocenters. The van der Waals surface area contributed by atoms with Crippen molar-refractivity contribution in [2.75, 3.05) is 20.1 Å². The van der Waals surface area contributed by atoms with Gasteiger partial charge >= 0.3 is 0 Å². The van der Waals surface area contributed by atoms with Crippen molar-refractivity contribution in [2.45, 2.75) is 25.9 Å². The summed E-state index contributed by atoms with van der Waals surface area (Å²) in [5.41, 5.74) is 3.36. The molecule has 0 fully saturated rings. The average Bonchev–Trinajstić information content (AvgIpc) is 3.12. The van der Waals surface area contributed by atoms with E-state index in [2.05, 4.69) is 52.2 Å². The van der Waals surface area contributed by atoms with Crippen LogP contribution in [0.25, 0.3) is 17.0 Å². The van der Waals surface area contributed by atoms with E-state index in [0.717, 1.165) is 36.0 Å². The molecule has 1 aromatic heterocycles. The van der Waals surface area contributed by atoms with E-state index < -0.39 is 0 Å². The third-order valence-corrected chi connectivity index (χ3v) is 5.01. The number of nitrogens with zero attached hydrogens (tertiary/aromatic N) is 3. The Morgan fingerprint density at radius 3 is 2.73 bits per heavy atom. The standard InChI is InChI=1S/C25H28N4O/c1-28(19-21-9-3-2-4-10-21)17-8-16-27-25(30)14-13-22-20-29(18-7-15-26)24-12-6-5-11-23(22)24/h2-6,9-14,20H,7-8,16-19H2,1H3,(H,27,30). The van der Waals surface area contributed by atoms with Gasteiger partial charge in [0.1, 0.15) is 0 Å². The number of benzene rings is 2. The number of nitrogens with one attached hydrogen (secondary N) is 1. The monoisotopic (exact) mass is 400 g/mol. The molecule has 0 atom stereocenters. The Hall–Kier alpha value is -3.36. The van der Waals surface area contributed by atoms with Crippen LogP contribution in [-0.2, 0) is 17.9 Å². The van der Waals surface area contributed by atoms with E-state index in [0.29, 0.717) is 19.5 Å². The number of hydrogen-bond donors (Lipinski definition) is 1. The van der Waals surface area contributed by atoms with Gasteiger partial charge in [-0.25, -0.2) is 0 Å². The summed E-state index contributed by atoms with van der Waals surface area (Å²) in [4.78, 5) is 14.5. The smallest absolute Gasteiger partial charge is 0.244 e. The van der Waals surface area contributed by atoms with Crippen molar-refractivity contribution < 1.29 is 4.79 Å². The van der Waals surface area contributed by atoms with Gasteiger partial charge in [-0.15, -0.1) is 0 Å². The molecule has 0 aliphatic heterocycles. The zero-order chi connectivity index (χ0) is 21.2. The van der Waals surface area contributed by atoms with Crippen molar-refractivity contribution in [1.82, 2.24) is 14.8 Å². The van der Waals surface area contributed by atoms with Gasteiger partial charge in [-0.05, 0) is 37.7 Å². The second kappa shape index (κ2) is 11.0. The van der Waals surface area contributed by atoms with E-state index in [4.69, 9.17) is 5.26 Å². The van der Waals surface area contributed by atoms with Gasteiger partial charge in [-0.2, -0.15) is 5.26 Å². The molecule has 3 aromatic rings. The lowest BCUT2D eigenvalue weighted by atomic mass is 10.1. The van der Waals surface area contributed by atoms with Crippen LogP contribution in [0.2, 0.25) is 0 Å². The van der Waals surface area contributed by atoms with Crippen LogP contribution in [0.5, 0.6) is 0 Å². The van der Waals surface area contributed by atoms with Crippen LogP contribution in [0, 0.1) is 11.3 Å². The lowest BCUT2D eigenvalue weighted by molar-refractivity contribution is -0.116. The fourth-order valence-electron chi connectivity index (χ4n) is 3.52. The molecule has 5 heteroatoms. The van der Waals surface area contributed by atoms with Gasteiger partial charge in [0.2, 0.25) is 5.91 Å². The summed E-state index contributed by atoms with van der Waals surface area (Å²) in [6, 6.07) is 20.6. The van der Waals surface area contributed by atoms with E-state index in [1.165, 1.54) is 5.56 Å². The third-order valence-electron chi connectivity index (χ3n) is 5.01. The molecule has 3 rings (SSSR count). The first-order chi connectivity index (χ1) is 14.7. The number of carbonyl (C=O) groups is 1. The van der Waals surface area contributed by atoms with Crippen LogP contribution in [0.4, 0.5) is 0 Å². The molecule has 0 aliphatic rings. The Balaban J connectivity index is 1.47. The Morgan fingerprint density at radius 1 is 1.17 bits per heavy atom. The largest absolute Gasteiger partial charge is 0.353 e. The molecule has 1 N–H and O–H groups in total. The SMILES string of the molecule is CN(CCCNC(=O)C=Cc1cn(CCC#N)c2ccccc12)Cc1ccccc1. The Kier molecular flexibility index (Phi) is 7.82. The topological polar surface area (TPSA) is 61.1 Å². The van der Waals surface area contributed by atoms with Crippen LogP contribution in [0.15, 0.2) is 66.9 Å². The highest BCUT2D eigenvalue weighted by Gasteiger charge is 2.06. The van der Waals surface area contributed by atoms with Crippen LogP contribution < -0.4 is 5.32 Å². The molecular weight excluding hydrogens is 372 g/mol. The molecular formula is C25H28N4O. The van der Waals surface area contributed by atoms with E-state index in [1.54, 1.807) is 6.08 Å². The molecule has 2 aromatic carbocycles. The maximum atomic E-state index is 12.2. The first-order valence-electron chi connectivity index (χ1n) is 10.3. The van der Waals surface area contributed by atoms with Gasteiger partial charge in [0, 0.05) is 48.4 Å². The van der Waals surface area contributed by atoms with E-state index in [-0.39, 0.29) is 5.91 Å². The number of nitriles is 1. The molecule has 0 radical (unpaired) electrons. The number of amides is 1. The molecule has 0 aliphatic carbocycles. The van der Waals surface area contributed by atoms with Crippen molar-refractivity contribution in [3.8, 4) is 6.07 Å². The van der Waals surface area contributed by atoms with Gasteiger partial charge in [0.15, 0.2) is 0 Å². The molecule has 30 heavy (non-hydrogen) atoms. The Labute approximate surface area is 178 Å². The molecule has 5 nitrogen and oxygen atoms in total. The summed E-state index contributed by atoms with van der Waals surface area (Å²) in [6.07, 6.45) is 6.80. The number of rotatable bonds is 10. The summed E-state index contributed by atoms with van der Waals surface area (Å²) in [5, 5.41) is 12.9. The number of carbonyl (C=O) groups excluding carboxylic acids is 1. The molecule has 154 valence electrons. The lowest BCUT2D eigenvalue weighted by Crippen LogP contribution is -2.26. The van der Waals surface area contributed by atoms with Gasteiger partial charge in [0.05, 0.1) is 12.5 Å². The van der Waals surface area contributed by atoms with Crippen molar-refractivity contribution >= 4 is 22.9 Å². The first-order valence-corrected chi connectivity index (χ1v) is 10.3. The quantitative estimate of drug-likeness (QED) is 0.410. The van der Waals surface area contributed by atoms with Crippen LogP contribution in [0.3, 0.4) is 0 Å². The predicted molar refractivity (Wildman–Crippen MR) is 122 cm³/mol. The minimum absolute atomic E-state index is 0.0884. The van der Waals surface area contributed by atoms with Crippen molar-refractivity contribution in [3.63, 3.8) is 0 Å². The lowest BCUT2D eigenvalue weighted by Gasteiger charge is -2.16. The van der Waals surface area contributed by atoms with Crippen LogP contribution in [-0.4, -0.2) is 35.5 Å². The molecule has 1 heterocycles. The molecule has 0 bridgehead atoms. The van der Waals surface area contributed by atoms with Gasteiger partial charge in [-0.3, -0.25) is 4.79 Å². The summed E-state index contributed by atoms with van der Waals surface area (Å²) in [7, 11) is 2.09. The highest BCUT2D eigenvalue weighted by atomic mass is 16.1. The summed E-state index contributed by atoms with van der Waals surface area (Å²) in [5.74, 6) is -0.0884. The number of hydrogen-bond acceptors (Lipinski definition) is 3. The minimum Gasteiger partial charge on any atom is -0.353 e. The van der Waals surface area contributed by atoms with Crippen molar-refractivity contribution in [3.05, 3.63) is 78.0 Å². The van der Waals surface area contributed by atoms with Crippen LogP contribution >= 0.6 is 0 Å². The minimum atomic E-state index is -0.0884. The number of para-hydroxylation sites is 1. The van der Waals surface area contributed by atoms with Crippen molar-refractivity contribution in [2.24, 2.45) is 0 Å². The van der Waals surface area contributed by atoms with E-state index >= 15 is 0 Å². The van der Waals surface area contributed by atoms with Gasteiger partial charge in [-0.1, -0.05) is 48.5 Å². The Bertz CT molecular complexity index is 1030. The number of aryl methyl sites for hydroxylation is 1. The van der Waals surface area contributed by atoms with E-state index in [9.17, 15) is 4.79 Å². The zero-order valence-corrected chi connectivity index (χ0v) is 17.4. The fourth-order valence-corrected chi connectivity index (χ4v) is 3.52. The maximum absolute atomic E-state index is 12.2. The second-order valence-electron chi connectivity index (χ2n) is 7.40. The zero-order valence-electron chi connectivity index (χ0n) is 17.4. The molecule has 0 saturated heterocycles. The highest BCUT2D eigenvalue weighted by molar-refractivity contribution is 5.96. The van der Waals surface area contributed by atoms with Gasteiger partial charge < -0.3 is 14.8 Å². The normalized spacial score (nSPS) is 11.2. The van der Waals surface area contributed by atoms with Crippen LogP contribution in [0.1, 0.15) is 24.0 Å². The molecule has 0 saturated carbocycles. The summed E-state index contributed by atoms with van der Waals surface area (Å²) >= 11 is 0. The Morgan fingerprint density at radius 2 is 1.93 bits per heavy atom. The fraction of sp³-hybridized carbons (Fsp3) is 0.280. The van der Waals surface area contributed by atoms with Crippen molar-refractivity contribution in [1.29, 1.82) is 5.26 Å². The van der Waals surface area contributed by atoms with E-state index in [1.807, 2.05) is 42.6 Å². The summed E-state index contributed by atoms with van der Waals surface area (Å²) in [6.45, 7) is 3.12. The second-order valence-corrected chi connectivity index (χ2v) is 7.40.